The van der Waals surface area contributed by atoms with Crippen molar-refractivity contribution in [3.8, 4) is 0 Å². The Kier molecular flexibility index (Phi) is 5.58. The van der Waals surface area contributed by atoms with Crippen LogP contribution in [0.15, 0.2) is 0 Å². The standard InChI is InChI=1S/C19H35NO2/c1-5-18(3)11-7-13-20-14-8-12-19(4,17(18)20)15(2)9-6-10-16(21)22/h15,17H,5-14H2,1-4H3,(H,21,22)/t15?,17?,18-,19-/m1/s1. The van der Waals surface area contributed by atoms with E-state index < -0.39 is 5.97 Å². The number of hydrogen-bond donors (Lipinski definition) is 1. The molecule has 0 aromatic carbocycles. The monoisotopic (exact) mass is 309 g/mol. The van der Waals surface area contributed by atoms with Gasteiger partial charge in [-0.2, -0.15) is 0 Å². The Morgan fingerprint density at radius 1 is 1.27 bits per heavy atom. The highest BCUT2D eigenvalue weighted by atomic mass is 16.4. The third kappa shape index (κ3) is 3.34. The van der Waals surface area contributed by atoms with Crippen LogP contribution in [-0.4, -0.2) is 35.1 Å². The maximum atomic E-state index is 10.8. The fourth-order valence-corrected chi connectivity index (χ4v) is 5.42. The van der Waals surface area contributed by atoms with Crippen LogP contribution < -0.4 is 0 Å². The van der Waals surface area contributed by atoms with Crippen LogP contribution in [0.4, 0.5) is 0 Å². The summed E-state index contributed by atoms with van der Waals surface area (Å²) in [5.74, 6) is -0.0534. The lowest BCUT2D eigenvalue weighted by Gasteiger charge is -2.61. The van der Waals surface area contributed by atoms with Crippen LogP contribution in [0.2, 0.25) is 0 Å². The third-order valence-electron chi connectivity index (χ3n) is 6.97. The molecule has 0 aromatic rings. The van der Waals surface area contributed by atoms with Gasteiger partial charge in [0.25, 0.3) is 0 Å². The second kappa shape index (κ2) is 6.90. The zero-order valence-electron chi connectivity index (χ0n) is 15.0. The third-order valence-corrected chi connectivity index (χ3v) is 6.97. The first kappa shape index (κ1) is 17.8. The number of carboxylic acid groups (broad SMARTS) is 1. The normalized spacial score (nSPS) is 37.5. The van der Waals surface area contributed by atoms with Gasteiger partial charge in [0.1, 0.15) is 0 Å². The van der Waals surface area contributed by atoms with Crippen molar-refractivity contribution in [3.63, 3.8) is 0 Å². The predicted molar refractivity (Wildman–Crippen MR) is 91.0 cm³/mol. The average Bonchev–Trinajstić information content (AvgIpc) is 2.47. The Balaban J connectivity index is 2.16. The number of rotatable bonds is 6. The minimum atomic E-state index is -0.654. The van der Waals surface area contributed by atoms with Gasteiger partial charge in [-0.15, -0.1) is 0 Å². The largest absolute Gasteiger partial charge is 0.481 e. The molecule has 0 radical (unpaired) electrons. The molecular weight excluding hydrogens is 274 g/mol. The first-order valence-corrected chi connectivity index (χ1v) is 9.29. The van der Waals surface area contributed by atoms with E-state index >= 15 is 0 Å². The summed E-state index contributed by atoms with van der Waals surface area (Å²) in [4.78, 5) is 13.6. The molecule has 3 nitrogen and oxygen atoms in total. The number of fused-ring (bicyclic) bond motifs is 1. The molecule has 128 valence electrons. The average molecular weight is 309 g/mol. The molecule has 0 bridgehead atoms. The molecule has 0 saturated carbocycles. The molecule has 2 saturated heterocycles. The number of nitrogens with zero attached hydrogens (tertiary/aromatic N) is 1. The molecule has 0 aromatic heterocycles. The highest BCUT2D eigenvalue weighted by molar-refractivity contribution is 5.66. The Hall–Kier alpha value is -0.570. The van der Waals surface area contributed by atoms with Crippen molar-refractivity contribution in [1.82, 2.24) is 4.90 Å². The first-order chi connectivity index (χ1) is 10.3. The number of piperidine rings is 2. The zero-order valence-corrected chi connectivity index (χ0v) is 15.0. The van der Waals surface area contributed by atoms with Crippen LogP contribution in [0, 0.1) is 16.7 Å². The van der Waals surface area contributed by atoms with Gasteiger partial charge in [0, 0.05) is 12.5 Å². The van der Waals surface area contributed by atoms with Crippen LogP contribution >= 0.6 is 0 Å². The number of aliphatic carboxylic acids is 1. The van der Waals surface area contributed by atoms with E-state index in [0.29, 0.717) is 29.2 Å². The van der Waals surface area contributed by atoms with E-state index in [4.69, 9.17) is 5.11 Å². The maximum absolute atomic E-state index is 10.8. The molecule has 1 N–H and O–H groups in total. The van der Waals surface area contributed by atoms with Crippen LogP contribution in [0.5, 0.6) is 0 Å². The number of carbonyl (C=O) groups is 1. The van der Waals surface area contributed by atoms with E-state index in [1.807, 2.05) is 0 Å². The van der Waals surface area contributed by atoms with Crippen molar-refractivity contribution in [2.24, 2.45) is 16.7 Å². The summed E-state index contributed by atoms with van der Waals surface area (Å²) in [5, 5.41) is 8.90. The van der Waals surface area contributed by atoms with Crippen molar-refractivity contribution < 1.29 is 9.90 Å². The summed E-state index contributed by atoms with van der Waals surface area (Å²) in [6, 6.07) is 0.673. The lowest BCUT2D eigenvalue weighted by molar-refractivity contribution is -0.137. The van der Waals surface area contributed by atoms with Gasteiger partial charge < -0.3 is 5.11 Å². The minimum absolute atomic E-state index is 0.319. The minimum Gasteiger partial charge on any atom is -0.481 e. The molecule has 2 aliphatic rings. The Morgan fingerprint density at radius 3 is 2.50 bits per heavy atom. The molecule has 0 aliphatic carbocycles. The number of carboxylic acids is 1. The quantitative estimate of drug-likeness (QED) is 0.782. The Bertz CT molecular complexity index is 395. The molecule has 2 rings (SSSR count). The molecule has 2 heterocycles. The van der Waals surface area contributed by atoms with Crippen LogP contribution in [0.25, 0.3) is 0 Å². The lowest BCUT2D eigenvalue weighted by atomic mass is 9.55. The fraction of sp³-hybridized carbons (Fsp3) is 0.947. The van der Waals surface area contributed by atoms with Crippen molar-refractivity contribution in [1.29, 1.82) is 0 Å². The van der Waals surface area contributed by atoms with Crippen LogP contribution in [-0.2, 0) is 4.79 Å². The van der Waals surface area contributed by atoms with Gasteiger partial charge in [-0.25, -0.2) is 0 Å². The second-order valence-corrected chi connectivity index (χ2v) is 8.35. The summed E-state index contributed by atoms with van der Waals surface area (Å²) in [6.07, 6.45) is 8.74. The van der Waals surface area contributed by atoms with Crippen LogP contribution in [0.3, 0.4) is 0 Å². The summed E-state index contributed by atoms with van der Waals surface area (Å²) < 4.78 is 0. The Labute approximate surface area is 136 Å². The smallest absolute Gasteiger partial charge is 0.303 e. The molecule has 2 fully saturated rings. The van der Waals surface area contributed by atoms with E-state index in [0.717, 1.165) is 12.8 Å². The first-order valence-electron chi connectivity index (χ1n) is 9.29. The molecule has 4 atom stereocenters. The predicted octanol–water partition coefficient (Wildman–Crippen LogP) is 4.56. The van der Waals surface area contributed by atoms with Crippen molar-refractivity contribution in [3.05, 3.63) is 0 Å². The van der Waals surface area contributed by atoms with E-state index in [2.05, 4.69) is 32.6 Å². The lowest BCUT2D eigenvalue weighted by Crippen LogP contribution is -2.62. The van der Waals surface area contributed by atoms with Gasteiger partial charge >= 0.3 is 5.97 Å². The summed E-state index contributed by atoms with van der Waals surface area (Å²) in [5.41, 5.74) is 0.760. The zero-order chi connectivity index (χ0) is 16.4. The van der Waals surface area contributed by atoms with Crippen molar-refractivity contribution in [2.75, 3.05) is 13.1 Å². The molecule has 3 heteroatoms. The second-order valence-electron chi connectivity index (χ2n) is 8.35. The molecule has 2 unspecified atom stereocenters. The molecule has 22 heavy (non-hydrogen) atoms. The topological polar surface area (TPSA) is 40.5 Å². The maximum Gasteiger partial charge on any atom is 0.303 e. The van der Waals surface area contributed by atoms with Gasteiger partial charge in [0.2, 0.25) is 0 Å². The Morgan fingerprint density at radius 2 is 1.91 bits per heavy atom. The van der Waals surface area contributed by atoms with Gasteiger partial charge in [0.05, 0.1) is 0 Å². The number of hydrogen-bond acceptors (Lipinski definition) is 2. The van der Waals surface area contributed by atoms with Crippen LogP contribution in [0.1, 0.15) is 79.1 Å². The van der Waals surface area contributed by atoms with Gasteiger partial charge in [0.15, 0.2) is 0 Å². The van der Waals surface area contributed by atoms with Crippen molar-refractivity contribution >= 4 is 5.97 Å². The highest BCUT2D eigenvalue weighted by Crippen LogP contribution is 2.54. The van der Waals surface area contributed by atoms with Gasteiger partial charge in [-0.1, -0.05) is 27.7 Å². The van der Waals surface area contributed by atoms with E-state index in [1.54, 1.807) is 0 Å². The van der Waals surface area contributed by atoms with E-state index in [9.17, 15) is 4.79 Å². The highest BCUT2D eigenvalue weighted by Gasteiger charge is 2.53. The molecule has 0 amide bonds. The van der Waals surface area contributed by atoms with Crippen molar-refractivity contribution in [2.45, 2.75) is 85.1 Å². The molecule has 0 spiro atoms. The molecular formula is C19H35NO2. The van der Waals surface area contributed by atoms with Gasteiger partial charge in [-0.3, -0.25) is 9.69 Å². The van der Waals surface area contributed by atoms with Gasteiger partial charge in [-0.05, 0) is 74.8 Å². The SMILES string of the molecule is CC[C@]1(C)CCCN2CCC[C@](C)(C(C)CCCC(=O)O)C21. The summed E-state index contributed by atoms with van der Waals surface area (Å²) in [7, 11) is 0. The van der Waals surface area contributed by atoms with E-state index in [-0.39, 0.29) is 0 Å². The van der Waals surface area contributed by atoms with E-state index in [1.165, 1.54) is 45.2 Å². The fourth-order valence-electron chi connectivity index (χ4n) is 5.42. The summed E-state index contributed by atoms with van der Waals surface area (Å²) >= 11 is 0. The summed E-state index contributed by atoms with van der Waals surface area (Å²) in [6.45, 7) is 12.2. The molecule has 2 aliphatic heterocycles.